The van der Waals surface area contributed by atoms with Crippen LogP contribution < -0.4 is 14.8 Å². The second-order valence-electron chi connectivity index (χ2n) is 5.10. The fourth-order valence-electron chi connectivity index (χ4n) is 2.11. The van der Waals surface area contributed by atoms with Crippen LogP contribution in [0.5, 0.6) is 5.75 Å². The van der Waals surface area contributed by atoms with Gasteiger partial charge in [-0.25, -0.2) is 13.1 Å². The van der Waals surface area contributed by atoms with Crippen LogP contribution in [0.15, 0.2) is 29.2 Å². The molecule has 1 atom stereocenters. The summed E-state index contributed by atoms with van der Waals surface area (Å²) < 4.78 is 32.4. The first-order valence-corrected chi connectivity index (χ1v) is 8.11. The van der Waals surface area contributed by atoms with Crippen LogP contribution >= 0.6 is 0 Å². The predicted molar refractivity (Wildman–Crippen MR) is 71.7 cm³/mol. The van der Waals surface area contributed by atoms with Crippen molar-refractivity contribution in [2.45, 2.75) is 36.3 Å². The summed E-state index contributed by atoms with van der Waals surface area (Å²) >= 11 is 0. The first-order valence-electron chi connectivity index (χ1n) is 6.63. The topological polar surface area (TPSA) is 67.4 Å². The van der Waals surface area contributed by atoms with Gasteiger partial charge < -0.3 is 10.1 Å². The van der Waals surface area contributed by atoms with E-state index in [0.29, 0.717) is 4.90 Å². The van der Waals surface area contributed by atoms with Gasteiger partial charge in [-0.3, -0.25) is 0 Å². The molecule has 1 saturated carbocycles. The van der Waals surface area contributed by atoms with Gasteiger partial charge in [0.2, 0.25) is 10.0 Å². The molecule has 2 N–H and O–H groups in total. The fraction of sp³-hybridized carbons (Fsp3) is 0.538. The first kappa shape index (κ1) is 12.9. The van der Waals surface area contributed by atoms with Crippen LogP contribution in [0.4, 0.5) is 0 Å². The maximum atomic E-state index is 12.0. The maximum Gasteiger partial charge on any atom is 0.240 e. The standard InChI is InChI=1S/C13H18N2O3S/c16-19(17,15-10-1-2-10)13-5-3-11(4-6-13)18-12-7-8-14-9-12/h3-6,10,12,14-15H,1-2,7-9H2. The molecule has 19 heavy (non-hydrogen) atoms. The second kappa shape index (κ2) is 5.11. The van der Waals surface area contributed by atoms with E-state index in [1.54, 1.807) is 24.3 Å². The monoisotopic (exact) mass is 282 g/mol. The van der Waals surface area contributed by atoms with Crippen molar-refractivity contribution < 1.29 is 13.2 Å². The van der Waals surface area contributed by atoms with Crippen LogP contribution in [0.1, 0.15) is 19.3 Å². The molecule has 0 radical (unpaired) electrons. The summed E-state index contributed by atoms with van der Waals surface area (Å²) in [6.07, 6.45) is 3.06. The normalized spacial score (nSPS) is 23.5. The SMILES string of the molecule is O=S(=O)(NC1CC1)c1ccc(OC2CCNC2)cc1. The molecule has 1 aromatic rings. The smallest absolute Gasteiger partial charge is 0.240 e. The molecule has 2 fully saturated rings. The van der Waals surface area contributed by atoms with E-state index >= 15 is 0 Å². The Kier molecular flexibility index (Phi) is 3.47. The highest BCUT2D eigenvalue weighted by molar-refractivity contribution is 7.89. The van der Waals surface area contributed by atoms with Crippen molar-refractivity contribution in [1.82, 2.24) is 10.0 Å². The predicted octanol–water partition coefficient (Wildman–Crippen LogP) is 0.868. The van der Waals surface area contributed by atoms with Crippen molar-refractivity contribution in [1.29, 1.82) is 0 Å². The number of rotatable bonds is 5. The molecular formula is C13H18N2O3S. The van der Waals surface area contributed by atoms with Gasteiger partial charge in [-0.2, -0.15) is 0 Å². The lowest BCUT2D eigenvalue weighted by Gasteiger charge is -2.13. The Morgan fingerprint density at radius 1 is 1.16 bits per heavy atom. The van der Waals surface area contributed by atoms with Gasteiger partial charge in [0.1, 0.15) is 11.9 Å². The highest BCUT2D eigenvalue weighted by Gasteiger charge is 2.27. The molecule has 2 aliphatic rings. The molecule has 0 aromatic heterocycles. The van der Waals surface area contributed by atoms with Crippen LogP contribution in [0.2, 0.25) is 0 Å². The third kappa shape index (κ3) is 3.26. The van der Waals surface area contributed by atoms with Crippen LogP contribution in [-0.4, -0.2) is 33.7 Å². The molecule has 104 valence electrons. The molecule has 1 unspecified atom stereocenters. The van der Waals surface area contributed by atoms with E-state index in [9.17, 15) is 8.42 Å². The molecule has 1 aliphatic carbocycles. The molecule has 1 aromatic carbocycles. The van der Waals surface area contributed by atoms with Crippen molar-refractivity contribution in [3.63, 3.8) is 0 Å². The lowest BCUT2D eigenvalue weighted by atomic mass is 10.3. The van der Waals surface area contributed by atoms with E-state index in [1.807, 2.05) is 0 Å². The number of hydrogen-bond acceptors (Lipinski definition) is 4. The average Bonchev–Trinajstić information content (AvgIpc) is 3.03. The van der Waals surface area contributed by atoms with Crippen molar-refractivity contribution in [2.75, 3.05) is 13.1 Å². The molecule has 0 spiro atoms. The average molecular weight is 282 g/mol. The van der Waals surface area contributed by atoms with Crippen molar-refractivity contribution >= 4 is 10.0 Å². The highest BCUT2D eigenvalue weighted by Crippen LogP contribution is 2.23. The molecular weight excluding hydrogens is 264 g/mol. The summed E-state index contributed by atoms with van der Waals surface area (Å²) in [5.74, 6) is 0.721. The van der Waals surface area contributed by atoms with E-state index in [1.165, 1.54) is 0 Å². The van der Waals surface area contributed by atoms with Crippen molar-refractivity contribution in [2.24, 2.45) is 0 Å². The third-order valence-corrected chi connectivity index (χ3v) is 4.89. The van der Waals surface area contributed by atoms with Gasteiger partial charge in [-0.1, -0.05) is 0 Å². The quantitative estimate of drug-likeness (QED) is 0.841. The third-order valence-electron chi connectivity index (χ3n) is 3.35. The maximum absolute atomic E-state index is 12.0. The van der Waals surface area contributed by atoms with E-state index in [-0.39, 0.29) is 12.1 Å². The molecule has 1 aliphatic heterocycles. The zero-order valence-electron chi connectivity index (χ0n) is 10.6. The first-order chi connectivity index (χ1) is 9.13. The highest BCUT2D eigenvalue weighted by atomic mass is 32.2. The summed E-state index contributed by atoms with van der Waals surface area (Å²) in [5, 5.41) is 3.23. The number of nitrogens with one attached hydrogen (secondary N) is 2. The minimum absolute atomic E-state index is 0.130. The van der Waals surface area contributed by atoms with Gasteiger partial charge in [0.25, 0.3) is 0 Å². The van der Waals surface area contributed by atoms with Crippen LogP contribution in [0.3, 0.4) is 0 Å². The Hall–Kier alpha value is -1.11. The zero-order chi connectivity index (χ0) is 13.3. The summed E-state index contributed by atoms with van der Waals surface area (Å²) in [4.78, 5) is 0.302. The molecule has 5 nitrogen and oxygen atoms in total. The Morgan fingerprint density at radius 2 is 1.89 bits per heavy atom. The van der Waals surface area contributed by atoms with Gasteiger partial charge in [0.15, 0.2) is 0 Å². The molecule has 6 heteroatoms. The lowest BCUT2D eigenvalue weighted by molar-refractivity contribution is 0.223. The van der Waals surface area contributed by atoms with Crippen molar-refractivity contribution in [3.8, 4) is 5.75 Å². The number of sulfonamides is 1. The van der Waals surface area contributed by atoms with Crippen LogP contribution in [0.25, 0.3) is 0 Å². The van der Waals surface area contributed by atoms with Gasteiger partial charge in [-0.15, -0.1) is 0 Å². The number of benzene rings is 1. The minimum atomic E-state index is -3.36. The van der Waals surface area contributed by atoms with E-state index < -0.39 is 10.0 Å². The Bertz CT molecular complexity index is 532. The van der Waals surface area contributed by atoms with Gasteiger partial charge in [0.05, 0.1) is 4.90 Å². The molecule has 1 saturated heterocycles. The van der Waals surface area contributed by atoms with Crippen LogP contribution in [-0.2, 0) is 10.0 Å². The van der Waals surface area contributed by atoms with Crippen molar-refractivity contribution in [3.05, 3.63) is 24.3 Å². The van der Waals surface area contributed by atoms with Crippen LogP contribution in [0, 0.1) is 0 Å². The fourth-order valence-corrected chi connectivity index (χ4v) is 3.41. The van der Waals surface area contributed by atoms with Gasteiger partial charge in [0, 0.05) is 12.6 Å². The molecule has 3 rings (SSSR count). The van der Waals surface area contributed by atoms with Gasteiger partial charge in [-0.05, 0) is 50.1 Å². The summed E-state index contributed by atoms with van der Waals surface area (Å²) in [6, 6.07) is 6.77. The Balaban J connectivity index is 1.67. The molecule has 0 bridgehead atoms. The summed E-state index contributed by atoms with van der Waals surface area (Å²) in [7, 11) is -3.36. The Labute approximate surface area is 113 Å². The Morgan fingerprint density at radius 3 is 2.47 bits per heavy atom. The summed E-state index contributed by atoms with van der Waals surface area (Å²) in [5.41, 5.74) is 0. The van der Waals surface area contributed by atoms with E-state index in [4.69, 9.17) is 4.74 Å². The second-order valence-corrected chi connectivity index (χ2v) is 6.81. The zero-order valence-corrected chi connectivity index (χ0v) is 11.4. The lowest BCUT2D eigenvalue weighted by Crippen LogP contribution is -2.25. The molecule has 0 amide bonds. The van der Waals surface area contributed by atoms with E-state index in [2.05, 4.69) is 10.0 Å². The molecule has 1 heterocycles. The van der Waals surface area contributed by atoms with Gasteiger partial charge >= 0.3 is 0 Å². The largest absolute Gasteiger partial charge is 0.489 e. The number of ether oxygens (including phenoxy) is 1. The minimum Gasteiger partial charge on any atom is -0.489 e. The summed E-state index contributed by atoms with van der Waals surface area (Å²) in [6.45, 7) is 1.83. The van der Waals surface area contributed by atoms with E-state index in [0.717, 1.165) is 38.1 Å². The number of hydrogen-bond donors (Lipinski definition) is 2.